The average Bonchev–Trinajstić information content (AvgIpc) is 2.35. The second-order valence-electron chi connectivity index (χ2n) is 5.98. The molecule has 0 aliphatic rings. The van der Waals surface area contributed by atoms with Crippen LogP contribution in [0.4, 0.5) is 0 Å². The summed E-state index contributed by atoms with van der Waals surface area (Å²) >= 11 is 0. The summed E-state index contributed by atoms with van der Waals surface area (Å²) in [5.41, 5.74) is 0. The minimum atomic E-state index is 0.0491. The molecule has 0 spiro atoms. The van der Waals surface area contributed by atoms with Crippen molar-refractivity contribution in [3.05, 3.63) is 18.6 Å². The van der Waals surface area contributed by atoms with E-state index in [1.165, 1.54) is 19.3 Å². The van der Waals surface area contributed by atoms with Crippen molar-refractivity contribution in [1.82, 2.24) is 0 Å². The third-order valence-corrected chi connectivity index (χ3v) is 3.00. The highest BCUT2D eigenvalue weighted by atomic mass is 16.5. The lowest BCUT2D eigenvalue weighted by Crippen LogP contribution is -2.31. The molecule has 2 unspecified atom stereocenters. The van der Waals surface area contributed by atoms with Gasteiger partial charge in [-0.05, 0) is 53.9 Å². The standard InChI is InChI=1S/C18H35O2/c1-7-8-9-10-11-12-13-14-18(20-16(4)5)17(6)19-15(2)3/h10,13-18H,7-9,11-12H2,1-6H3. The smallest absolute Gasteiger partial charge is 0.102 e. The van der Waals surface area contributed by atoms with Gasteiger partial charge in [-0.1, -0.05) is 38.3 Å². The van der Waals surface area contributed by atoms with Gasteiger partial charge in [-0.15, -0.1) is 0 Å². The molecule has 20 heavy (non-hydrogen) atoms. The third kappa shape index (κ3) is 11.5. The molecule has 2 heteroatoms. The zero-order valence-electron chi connectivity index (χ0n) is 14.4. The fourth-order valence-electron chi connectivity index (χ4n) is 2.07. The molecule has 0 aliphatic heterocycles. The molecule has 0 fully saturated rings. The first-order chi connectivity index (χ1) is 9.47. The molecule has 0 aliphatic carbocycles. The maximum absolute atomic E-state index is 5.94. The van der Waals surface area contributed by atoms with Crippen LogP contribution in [-0.4, -0.2) is 24.4 Å². The summed E-state index contributed by atoms with van der Waals surface area (Å²) in [5, 5.41) is 0. The minimum Gasteiger partial charge on any atom is -0.373 e. The average molecular weight is 283 g/mol. The molecular weight excluding hydrogens is 248 g/mol. The Bertz CT molecular complexity index is 234. The molecule has 0 aromatic carbocycles. The van der Waals surface area contributed by atoms with Crippen LogP contribution in [0.1, 0.15) is 73.6 Å². The van der Waals surface area contributed by atoms with E-state index >= 15 is 0 Å². The number of rotatable bonds is 12. The molecule has 0 aromatic heterocycles. The second-order valence-corrected chi connectivity index (χ2v) is 5.98. The van der Waals surface area contributed by atoms with Crippen LogP contribution in [0.5, 0.6) is 0 Å². The quantitative estimate of drug-likeness (QED) is 0.356. The predicted molar refractivity (Wildman–Crippen MR) is 87.9 cm³/mol. The molecule has 2 nitrogen and oxygen atoms in total. The van der Waals surface area contributed by atoms with Crippen LogP contribution in [0.2, 0.25) is 0 Å². The van der Waals surface area contributed by atoms with E-state index < -0.39 is 0 Å². The molecule has 0 N–H and O–H groups in total. The summed E-state index contributed by atoms with van der Waals surface area (Å²) < 4.78 is 11.8. The molecule has 0 saturated heterocycles. The van der Waals surface area contributed by atoms with Gasteiger partial charge in [0.1, 0.15) is 6.10 Å². The van der Waals surface area contributed by atoms with E-state index in [1.54, 1.807) is 0 Å². The molecule has 2 atom stereocenters. The molecule has 0 aromatic rings. The molecule has 1 radical (unpaired) electrons. The largest absolute Gasteiger partial charge is 0.373 e. The van der Waals surface area contributed by atoms with Gasteiger partial charge in [-0.25, -0.2) is 0 Å². The maximum atomic E-state index is 5.94. The number of unbranched alkanes of at least 4 members (excludes halogenated alkanes) is 5. The van der Waals surface area contributed by atoms with Crippen LogP contribution >= 0.6 is 0 Å². The van der Waals surface area contributed by atoms with Crippen LogP contribution in [-0.2, 0) is 9.47 Å². The Hall–Kier alpha value is -0.340. The van der Waals surface area contributed by atoms with E-state index in [2.05, 4.69) is 60.1 Å². The Kier molecular flexibility index (Phi) is 12.2. The Balaban J connectivity index is 4.07. The zero-order chi connectivity index (χ0) is 15.4. The van der Waals surface area contributed by atoms with Crippen LogP contribution < -0.4 is 0 Å². The van der Waals surface area contributed by atoms with Crippen molar-refractivity contribution in [2.24, 2.45) is 0 Å². The van der Waals surface area contributed by atoms with Gasteiger partial charge in [0.05, 0.1) is 18.3 Å². The van der Waals surface area contributed by atoms with Crippen molar-refractivity contribution >= 4 is 0 Å². The van der Waals surface area contributed by atoms with Gasteiger partial charge < -0.3 is 9.47 Å². The van der Waals surface area contributed by atoms with Gasteiger partial charge in [0.15, 0.2) is 0 Å². The highest BCUT2D eigenvalue weighted by molar-refractivity contribution is 4.94. The van der Waals surface area contributed by atoms with Crippen molar-refractivity contribution in [2.45, 2.75) is 98.1 Å². The van der Waals surface area contributed by atoms with Crippen LogP contribution in [0.25, 0.3) is 0 Å². The molecule has 0 rings (SSSR count). The fraction of sp³-hybridized carbons (Fsp3) is 0.833. The first kappa shape index (κ1) is 19.7. The van der Waals surface area contributed by atoms with Crippen LogP contribution in [0, 0.1) is 6.42 Å². The van der Waals surface area contributed by atoms with Gasteiger partial charge >= 0.3 is 0 Å². The van der Waals surface area contributed by atoms with Crippen molar-refractivity contribution in [1.29, 1.82) is 0 Å². The second kappa shape index (κ2) is 12.4. The fourth-order valence-corrected chi connectivity index (χ4v) is 2.07. The number of hydrogen-bond donors (Lipinski definition) is 0. The van der Waals surface area contributed by atoms with E-state index in [-0.39, 0.29) is 24.4 Å². The molecule has 0 bridgehead atoms. The first-order valence-corrected chi connectivity index (χ1v) is 8.26. The van der Waals surface area contributed by atoms with Gasteiger partial charge in [0, 0.05) is 0 Å². The van der Waals surface area contributed by atoms with Gasteiger partial charge in [-0.2, -0.15) is 0 Å². The molecule has 0 amide bonds. The van der Waals surface area contributed by atoms with E-state index in [1.807, 2.05) is 0 Å². The van der Waals surface area contributed by atoms with Crippen LogP contribution in [0.15, 0.2) is 12.2 Å². The summed E-state index contributed by atoms with van der Waals surface area (Å²) in [5.74, 6) is 0. The van der Waals surface area contributed by atoms with Crippen molar-refractivity contribution < 1.29 is 9.47 Å². The Morgan fingerprint density at radius 3 is 2.05 bits per heavy atom. The summed E-state index contributed by atoms with van der Waals surface area (Å²) in [6, 6.07) is 0. The Morgan fingerprint density at radius 2 is 1.50 bits per heavy atom. The lowest BCUT2D eigenvalue weighted by molar-refractivity contribution is -0.0823. The zero-order valence-corrected chi connectivity index (χ0v) is 14.4. The molecule has 119 valence electrons. The Labute approximate surface area is 126 Å². The summed E-state index contributed by atoms with van der Waals surface area (Å²) in [6.45, 7) is 12.6. The topological polar surface area (TPSA) is 18.5 Å². The summed E-state index contributed by atoms with van der Waals surface area (Å²) in [7, 11) is 0. The number of ether oxygens (including phenoxy) is 2. The van der Waals surface area contributed by atoms with E-state index in [4.69, 9.17) is 9.47 Å². The van der Waals surface area contributed by atoms with Gasteiger partial charge in [-0.3, -0.25) is 0 Å². The minimum absolute atomic E-state index is 0.0491. The van der Waals surface area contributed by atoms with E-state index in [9.17, 15) is 0 Å². The Morgan fingerprint density at radius 1 is 0.850 bits per heavy atom. The molecule has 0 saturated carbocycles. The maximum Gasteiger partial charge on any atom is 0.102 e. The predicted octanol–water partition coefficient (Wildman–Crippen LogP) is 5.32. The van der Waals surface area contributed by atoms with Crippen molar-refractivity contribution in [2.75, 3.05) is 0 Å². The lowest BCUT2D eigenvalue weighted by atomic mass is 10.1. The summed E-state index contributed by atoms with van der Waals surface area (Å²) in [4.78, 5) is 0. The normalized spacial score (nSPS) is 15.4. The highest BCUT2D eigenvalue weighted by Crippen LogP contribution is 2.12. The first-order valence-electron chi connectivity index (χ1n) is 8.26. The number of allylic oxidation sites excluding steroid dienone is 1. The highest BCUT2D eigenvalue weighted by Gasteiger charge is 2.18. The van der Waals surface area contributed by atoms with E-state index in [0.717, 1.165) is 12.8 Å². The van der Waals surface area contributed by atoms with Crippen molar-refractivity contribution in [3.63, 3.8) is 0 Å². The lowest BCUT2D eigenvalue weighted by Gasteiger charge is -2.25. The number of hydrogen-bond acceptors (Lipinski definition) is 2. The molecular formula is C18H35O2. The van der Waals surface area contributed by atoms with Gasteiger partial charge in [0.25, 0.3) is 0 Å². The monoisotopic (exact) mass is 283 g/mol. The molecule has 0 heterocycles. The van der Waals surface area contributed by atoms with Gasteiger partial charge in [0.2, 0.25) is 0 Å². The van der Waals surface area contributed by atoms with E-state index in [0.29, 0.717) is 0 Å². The summed E-state index contributed by atoms with van der Waals surface area (Å²) in [6.07, 6.45) is 13.5. The van der Waals surface area contributed by atoms with Crippen molar-refractivity contribution in [3.8, 4) is 0 Å². The third-order valence-electron chi connectivity index (χ3n) is 3.00. The SMILES string of the molecule is CCCC[CH]CCC=CC(OC(C)C)C(C)OC(C)C. The van der Waals surface area contributed by atoms with Crippen LogP contribution in [0.3, 0.4) is 0 Å².